The molecular formula is C15H22N4S. The first-order chi connectivity index (χ1) is 9.56. The van der Waals surface area contributed by atoms with Crippen molar-refractivity contribution in [3.8, 4) is 6.07 Å². The molecule has 0 aliphatic heterocycles. The van der Waals surface area contributed by atoms with E-state index < -0.39 is 0 Å². The van der Waals surface area contributed by atoms with Gasteiger partial charge < -0.3 is 9.80 Å². The summed E-state index contributed by atoms with van der Waals surface area (Å²) in [6.45, 7) is 0.783. The van der Waals surface area contributed by atoms with Crippen LogP contribution in [0, 0.1) is 11.3 Å². The van der Waals surface area contributed by atoms with Crippen LogP contribution in [0.5, 0.6) is 0 Å². The number of thioether (sulfide) groups is 1. The van der Waals surface area contributed by atoms with E-state index in [2.05, 4.69) is 11.1 Å². The van der Waals surface area contributed by atoms with Crippen molar-refractivity contribution in [3.05, 3.63) is 35.4 Å². The molecule has 0 saturated heterocycles. The van der Waals surface area contributed by atoms with Crippen molar-refractivity contribution in [2.45, 2.75) is 5.75 Å². The van der Waals surface area contributed by atoms with Crippen LogP contribution in [0.2, 0.25) is 0 Å². The van der Waals surface area contributed by atoms with Gasteiger partial charge in [0.15, 0.2) is 5.96 Å². The molecule has 0 radical (unpaired) electrons. The number of hydrogen-bond acceptors (Lipinski definition) is 3. The van der Waals surface area contributed by atoms with E-state index in [-0.39, 0.29) is 0 Å². The lowest BCUT2D eigenvalue weighted by atomic mass is 10.1. The SMILES string of the molecule is CN(C)C(=NCCSCc1ccccc1C#N)N(C)C. The molecule has 0 N–H and O–H groups in total. The lowest BCUT2D eigenvalue weighted by Gasteiger charge is -2.22. The second kappa shape index (κ2) is 8.49. The van der Waals surface area contributed by atoms with Crippen LogP contribution in [0.3, 0.4) is 0 Å². The number of guanidine groups is 1. The van der Waals surface area contributed by atoms with Crippen molar-refractivity contribution in [2.75, 3.05) is 40.5 Å². The fourth-order valence-electron chi connectivity index (χ4n) is 1.83. The highest BCUT2D eigenvalue weighted by molar-refractivity contribution is 7.98. The van der Waals surface area contributed by atoms with Crippen LogP contribution < -0.4 is 0 Å². The highest BCUT2D eigenvalue weighted by Crippen LogP contribution is 2.15. The predicted molar refractivity (Wildman–Crippen MR) is 87.0 cm³/mol. The molecule has 0 unspecified atom stereocenters. The molecule has 1 aromatic rings. The summed E-state index contributed by atoms with van der Waals surface area (Å²) in [7, 11) is 7.98. The van der Waals surface area contributed by atoms with Crippen LogP contribution in [0.1, 0.15) is 11.1 Å². The predicted octanol–water partition coefficient (Wildman–Crippen LogP) is 2.27. The molecular weight excluding hydrogens is 268 g/mol. The monoisotopic (exact) mass is 290 g/mol. The molecule has 108 valence electrons. The van der Waals surface area contributed by atoms with E-state index in [0.717, 1.165) is 35.1 Å². The van der Waals surface area contributed by atoms with Gasteiger partial charge >= 0.3 is 0 Å². The molecule has 4 nitrogen and oxygen atoms in total. The quantitative estimate of drug-likeness (QED) is 0.474. The molecule has 20 heavy (non-hydrogen) atoms. The molecule has 0 heterocycles. The van der Waals surface area contributed by atoms with Crippen molar-refractivity contribution in [3.63, 3.8) is 0 Å². The Balaban J connectivity index is 2.42. The second-order valence-electron chi connectivity index (χ2n) is 4.79. The highest BCUT2D eigenvalue weighted by Gasteiger charge is 2.04. The fourth-order valence-corrected chi connectivity index (χ4v) is 2.67. The van der Waals surface area contributed by atoms with Gasteiger partial charge in [-0.15, -0.1) is 0 Å². The van der Waals surface area contributed by atoms with E-state index in [1.807, 2.05) is 62.3 Å². The summed E-state index contributed by atoms with van der Waals surface area (Å²) in [6.07, 6.45) is 0. The number of aliphatic imine (C=N–C) groups is 1. The normalized spacial score (nSPS) is 9.75. The van der Waals surface area contributed by atoms with Gasteiger partial charge in [0, 0.05) is 39.7 Å². The van der Waals surface area contributed by atoms with E-state index in [0.29, 0.717) is 0 Å². The van der Waals surface area contributed by atoms with Gasteiger partial charge in [0.25, 0.3) is 0 Å². The highest BCUT2D eigenvalue weighted by atomic mass is 32.2. The molecule has 5 heteroatoms. The number of hydrogen-bond donors (Lipinski definition) is 0. The van der Waals surface area contributed by atoms with Gasteiger partial charge in [-0.05, 0) is 11.6 Å². The van der Waals surface area contributed by atoms with Crippen molar-refractivity contribution < 1.29 is 0 Å². The lowest BCUT2D eigenvalue weighted by Crippen LogP contribution is -2.35. The standard InChI is InChI=1S/C15H22N4S/c1-18(2)15(19(3)4)17-9-10-20-12-14-8-6-5-7-13(14)11-16/h5-8H,9-10,12H2,1-4H3. The summed E-state index contributed by atoms with van der Waals surface area (Å²) in [6, 6.07) is 9.99. The molecule has 1 aromatic carbocycles. The summed E-state index contributed by atoms with van der Waals surface area (Å²) < 4.78 is 0. The fraction of sp³-hybridized carbons (Fsp3) is 0.467. The molecule has 0 aliphatic rings. The molecule has 0 spiro atoms. The first kappa shape index (κ1) is 16.4. The Morgan fingerprint density at radius 3 is 2.45 bits per heavy atom. The van der Waals surface area contributed by atoms with Crippen LogP contribution in [0.4, 0.5) is 0 Å². The Hall–Kier alpha value is -1.67. The van der Waals surface area contributed by atoms with E-state index in [9.17, 15) is 0 Å². The minimum Gasteiger partial charge on any atom is -0.349 e. The van der Waals surface area contributed by atoms with Crippen LogP contribution >= 0.6 is 11.8 Å². The zero-order chi connectivity index (χ0) is 15.0. The molecule has 0 aromatic heterocycles. The van der Waals surface area contributed by atoms with Gasteiger partial charge in [-0.1, -0.05) is 18.2 Å². The summed E-state index contributed by atoms with van der Waals surface area (Å²) in [5, 5.41) is 9.02. The Bertz CT molecular complexity index is 479. The molecule has 1 rings (SSSR count). The van der Waals surface area contributed by atoms with Crippen molar-refractivity contribution in [2.24, 2.45) is 4.99 Å². The Labute approximate surface area is 126 Å². The van der Waals surface area contributed by atoms with Gasteiger partial charge in [0.1, 0.15) is 0 Å². The Morgan fingerprint density at radius 1 is 1.20 bits per heavy atom. The first-order valence-corrected chi connectivity index (χ1v) is 7.66. The number of benzene rings is 1. The molecule has 0 saturated carbocycles. The molecule has 0 fully saturated rings. The maximum absolute atomic E-state index is 9.02. The first-order valence-electron chi connectivity index (χ1n) is 6.51. The smallest absolute Gasteiger partial charge is 0.195 e. The minimum atomic E-state index is 0.769. The van der Waals surface area contributed by atoms with Crippen LogP contribution in [-0.2, 0) is 5.75 Å². The maximum Gasteiger partial charge on any atom is 0.195 e. The zero-order valence-electron chi connectivity index (χ0n) is 12.6. The molecule has 0 amide bonds. The average molecular weight is 290 g/mol. The molecule has 0 bridgehead atoms. The average Bonchev–Trinajstić information content (AvgIpc) is 2.42. The minimum absolute atomic E-state index is 0.769. The zero-order valence-corrected chi connectivity index (χ0v) is 13.4. The summed E-state index contributed by atoms with van der Waals surface area (Å²) in [5.74, 6) is 2.78. The number of nitriles is 1. The third kappa shape index (κ3) is 5.14. The second-order valence-corrected chi connectivity index (χ2v) is 5.90. The third-order valence-corrected chi connectivity index (χ3v) is 3.67. The molecule has 0 atom stereocenters. The largest absolute Gasteiger partial charge is 0.349 e. The third-order valence-electron chi connectivity index (χ3n) is 2.68. The van der Waals surface area contributed by atoms with Crippen LogP contribution in [0.15, 0.2) is 29.3 Å². The Morgan fingerprint density at radius 2 is 1.85 bits per heavy atom. The van der Waals surface area contributed by atoms with Gasteiger partial charge in [-0.2, -0.15) is 17.0 Å². The number of rotatable bonds is 5. The summed E-state index contributed by atoms with van der Waals surface area (Å²) >= 11 is 1.81. The van der Waals surface area contributed by atoms with Crippen molar-refractivity contribution >= 4 is 17.7 Å². The van der Waals surface area contributed by atoms with E-state index in [1.165, 1.54) is 0 Å². The number of nitrogens with zero attached hydrogens (tertiary/aromatic N) is 4. The summed E-state index contributed by atoms with van der Waals surface area (Å²) in [5.41, 5.74) is 1.87. The topological polar surface area (TPSA) is 42.6 Å². The van der Waals surface area contributed by atoms with Crippen molar-refractivity contribution in [1.82, 2.24) is 9.80 Å². The van der Waals surface area contributed by atoms with Crippen LogP contribution in [0.25, 0.3) is 0 Å². The van der Waals surface area contributed by atoms with E-state index in [4.69, 9.17) is 5.26 Å². The molecule has 0 aliphatic carbocycles. The van der Waals surface area contributed by atoms with Gasteiger partial charge in [0.05, 0.1) is 18.2 Å². The van der Waals surface area contributed by atoms with E-state index >= 15 is 0 Å². The van der Waals surface area contributed by atoms with Gasteiger partial charge in [-0.3, -0.25) is 4.99 Å². The lowest BCUT2D eigenvalue weighted by molar-refractivity contribution is 0.480. The van der Waals surface area contributed by atoms with Gasteiger partial charge in [-0.25, -0.2) is 0 Å². The van der Waals surface area contributed by atoms with Crippen molar-refractivity contribution in [1.29, 1.82) is 5.26 Å². The summed E-state index contributed by atoms with van der Waals surface area (Å²) in [4.78, 5) is 8.60. The van der Waals surface area contributed by atoms with Gasteiger partial charge in [0.2, 0.25) is 0 Å². The Kier molecular flexibility index (Phi) is 6.96. The maximum atomic E-state index is 9.02. The van der Waals surface area contributed by atoms with E-state index in [1.54, 1.807) is 11.8 Å². The van der Waals surface area contributed by atoms with Crippen LogP contribution in [-0.4, -0.2) is 56.2 Å².